The lowest BCUT2D eigenvalue weighted by molar-refractivity contribution is 0.0734. The van der Waals surface area contributed by atoms with Crippen LogP contribution >= 0.6 is 0 Å². The largest absolute Gasteiger partial charge is 0.383 e. The first-order valence-corrected chi connectivity index (χ1v) is 8.32. The number of aryl methyl sites for hydroxylation is 1. The van der Waals surface area contributed by atoms with Gasteiger partial charge in [-0.25, -0.2) is 4.68 Å². The molecule has 1 saturated carbocycles. The van der Waals surface area contributed by atoms with Crippen LogP contribution in [0.1, 0.15) is 41.7 Å². The predicted octanol–water partition coefficient (Wildman–Crippen LogP) is 1.73. The van der Waals surface area contributed by atoms with Crippen LogP contribution in [0.2, 0.25) is 0 Å². The Bertz CT molecular complexity index is 676. The van der Waals surface area contributed by atoms with E-state index in [2.05, 4.69) is 25.1 Å². The minimum atomic E-state index is 0.133. The van der Waals surface area contributed by atoms with Gasteiger partial charge in [0.15, 0.2) is 0 Å². The monoisotopic (exact) mass is 317 g/mol. The van der Waals surface area contributed by atoms with E-state index in [9.17, 15) is 0 Å². The van der Waals surface area contributed by atoms with Crippen LogP contribution < -0.4 is 0 Å². The van der Waals surface area contributed by atoms with Gasteiger partial charge >= 0.3 is 0 Å². The van der Waals surface area contributed by atoms with Crippen molar-refractivity contribution in [1.82, 2.24) is 25.1 Å². The molecule has 124 valence electrons. The molecule has 0 N–H and O–H groups in total. The van der Waals surface area contributed by atoms with Crippen molar-refractivity contribution in [2.75, 3.05) is 20.3 Å². The lowest BCUT2D eigenvalue weighted by Gasteiger charge is -2.33. The molecule has 0 saturated heterocycles. The first kappa shape index (κ1) is 14.8. The van der Waals surface area contributed by atoms with E-state index < -0.39 is 0 Å². The Morgan fingerprint density at radius 2 is 2.26 bits per heavy atom. The van der Waals surface area contributed by atoms with Crippen molar-refractivity contribution in [2.45, 2.75) is 45.3 Å². The standard InChI is InChI=1S/C16H23N5O2/c1-11-7-13(18-23-11)9-20-6-5-14-16(15(20)10-22-2)17-19-21(14)8-12-3-4-12/h7,12,15H,3-6,8-10H2,1-2H3. The quantitative estimate of drug-likeness (QED) is 0.808. The van der Waals surface area contributed by atoms with E-state index in [0.717, 1.165) is 49.1 Å². The molecule has 0 radical (unpaired) electrons. The van der Waals surface area contributed by atoms with Crippen molar-refractivity contribution >= 4 is 0 Å². The zero-order chi connectivity index (χ0) is 15.8. The summed E-state index contributed by atoms with van der Waals surface area (Å²) in [5.74, 6) is 1.65. The molecule has 1 unspecified atom stereocenters. The second-order valence-corrected chi connectivity index (χ2v) is 6.67. The second-order valence-electron chi connectivity index (χ2n) is 6.67. The molecule has 0 spiro atoms. The highest BCUT2D eigenvalue weighted by molar-refractivity contribution is 5.20. The molecule has 0 aromatic carbocycles. The fourth-order valence-electron chi connectivity index (χ4n) is 3.36. The summed E-state index contributed by atoms with van der Waals surface area (Å²) in [5, 5.41) is 13.0. The van der Waals surface area contributed by atoms with E-state index in [1.54, 1.807) is 7.11 Å². The molecule has 2 aromatic rings. The maximum atomic E-state index is 5.45. The lowest BCUT2D eigenvalue weighted by atomic mass is 10.0. The van der Waals surface area contributed by atoms with Crippen molar-refractivity contribution in [3.63, 3.8) is 0 Å². The fourth-order valence-corrected chi connectivity index (χ4v) is 3.36. The highest BCUT2D eigenvalue weighted by atomic mass is 16.5. The molecule has 23 heavy (non-hydrogen) atoms. The molecule has 1 atom stereocenters. The molecule has 4 rings (SSSR count). The lowest BCUT2D eigenvalue weighted by Crippen LogP contribution is -2.38. The molecule has 1 fully saturated rings. The zero-order valence-electron chi connectivity index (χ0n) is 13.7. The van der Waals surface area contributed by atoms with Crippen LogP contribution in [0.15, 0.2) is 10.6 Å². The Kier molecular flexibility index (Phi) is 3.90. The Hall–Kier alpha value is -1.73. The first-order valence-electron chi connectivity index (χ1n) is 8.32. The topological polar surface area (TPSA) is 69.2 Å². The van der Waals surface area contributed by atoms with Crippen LogP contribution in [-0.4, -0.2) is 45.3 Å². The Labute approximate surface area is 135 Å². The van der Waals surface area contributed by atoms with Crippen LogP contribution in [0.4, 0.5) is 0 Å². The maximum absolute atomic E-state index is 5.45. The average Bonchev–Trinajstić information content (AvgIpc) is 3.12. The third kappa shape index (κ3) is 3.03. The van der Waals surface area contributed by atoms with Gasteiger partial charge in [-0.1, -0.05) is 10.4 Å². The molecule has 1 aliphatic carbocycles. The van der Waals surface area contributed by atoms with Gasteiger partial charge in [-0.2, -0.15) is 0 Å². The van der Waals surface area contributed by atoms with Crippen LogP contribution in [0.5, 0.6) is 0 Å². The summed E-state index contributed by atoms with van der Waals surface area (Å²) in [6.07, 6.45) is 3.63. The summed E-state index contributed by atoms with van der Waals surface area (Å²) in [4.78, 5) is 2.36. The Morgan fingerprint density at radius 3 is 2.96 bits per heavy atom. The summed E-state index contributed by atoms with van der Waals surface area (Å²) in [6.45, 7) is 5.27. The van der Waals surface area contributed by atoms with E-state index in [4.69, 9.17) is 9.26 Å². The molecule has 0 bridgehead atoms. The zero-order valence-corrected chi connectivity index (χ0v) is 13.7. The van der Waals surface area contributed by atoms with Gasteiger partial charge in [0.05, 0.1) is 24.0 Å². The van der Waals surface area contributed by atoms with Gasteiger partial charge in [-0.3, -0.25) is 4.90 Å². The van der Waals surface area contributed by atoms with Gasteiger partial charge in [0.2, 0.25) is 0 Å². The van der Waals surface area contributed by atoms with E-state index in [0.29, 0.717) is 6.61 Å². The van der Waals surface area contributed by atoms with E-state index in [1.165, 1.54) is 18.5 Å². The van der Waals surface area contributed by atoms with E-state index in [-0.39, 0.29) is 6.04 Å². The summed E-state index contributed by atoms with van der Waals surface area (Å²) < 4.78 is 12.8. The SMILES string of the molecule is COCC1c2nnn(CC3CC3)c2CCN1Cc1cc(C)on1. The number of fused-ring (bicyclic) bond motifs is 1. The highest BCUT2D eigenvalue weighted by Crippen LogP contribution is 2.34. The van der Waals surface area contributed by atoms with E-state index >= 15 is 0 Å². The third-order valence-corrected chi connectivity index (χ3v) is 4.75. The molecule has 1 aliphatic heterocycles. The normalized spacial score (nSPS) is 21.6. The van der Waals surface area contributed by atoms with Crippen molar-refractivity contribution in [3.05, 3.63) is 28.9 Å². The van der Waals surface area contributed by atoms with Crippen LogP contribution in [0, 0.1) is 12.8 Å². The summed E-state index contributed by atoms with van der Waals surface area (Å²) in [6, 6.07) is 2.12. The second kappa shape index (κ2) is 6.05. The Balaban J connectivity index is 1.56. The van der Waals surface area contributed by atoms with Crippen molar-refractivity contribution < 1.29 is 9.26 Å². The molecular formula is C16H23N5O2. The predicted molar refractivity (Wildman–Crippen MR) is 82.7 cm³/mol. The molecule has 2 aromatic heterocycles. The number of hydrogen-bond acceptors (Lipinski definition) is 6. The van der Waals surface area contributed by atoms with E-state index in [1.807, 2.05) is 13.0 Å². The van der Waals surface area contributed by atoms with Gasteiger partial charge in [-0.05, 0) is 25.7 Å². The van der Waals surface area contributed by atoms with Gasteiger partial charge in [0.25, 0.3) is 0 Å². The molecule has 2 aliphatic rings. The van der Waals surface area contributed by atoms with Gasteiger partial charge in [0.1, 0.15) is 11.5 Å². The average molecular weight is 317 g/mol. The maximum Gasteiger partial charge on any atom is 0.133 e. The number of rotatable bonds is 6. The Morgan fingerprint density at radius 1 is 1.39 bits per heavy atom. The molecule has 7 nitrogen and oxygen atoms in total. The number of aromatic nitrogens is 4. The van der Waals surface area contributed by atoms with Crippen LogP contribution in [0.3, 0.4) is 0 Å². The van der Waals surface area contributed by atoms with Gasteiger partial charge < -0.3 is 9.26 Å². The fraction of sp³-hybridized carbons (Fsp3) is 0.688. The molecular weight excluding hydrogens is 294 g/mol. The minimum Gasteiger partial charge on any atom is -0.383 e. The summed E-state index contributed by atoms with van der Waals surface area (Å²) >= 11 is 0. The van der Waals surface area contributed by atoms with Gasteiger partial charge in [-0.15, -0.1) is 5.10 Å². The van der Waals surface area contributed by atoms with Gasteiger partial charge in [0, 0.05) is 39.2 Å². The van der Waals surface area contributed by atoms with Crippen molar-refractivity contribution in [1.29, 1.82) is 0 Å². The molecule has 3 heterocycles. The molecule has 0 amide bonds. The molecule has 7 heteroatoms. The number of hydrogen-bond donors (Lipinski definition) is 0. The summed E-state index contributed by atoms with van der Waals surface area (Å²) in [5.41, 5.74) is 3.31. The van der Waals surface area contributed by atoms with Crippen molar-refractivity contribution in [3.8, 4) is 0 Å². The number of nitrogens with zero attached hydrogens (tertiary/aromatic N) is 5. The number of methoxy groups -OCH3 is 1. The van der Waals surface area contributed by atoms with Crippen LogP contribution in [-0.2, 0) is 24.2 Å². The minimum absolute atomic E-state index is 0.133. The number of ether oxygens (including phenoxy) is 1. The third-order valence-electron chi connectivity index (χ3n) is 4.75. The first-order chi connectivity index (χ1) is 11.2. The highest BCUT2D eigenvalue weighted by Gasteiger charge is 2.34. The smallest absolute Gasteiger partial charge is 0.133 e. The van der Waals surface area contributed by atoms with Crippen molar-refractivity contribution in [2.24, 2.45) is 5.92 Å². The summed E-state index contributed by atoms with van der Waals surface area (Å²) in [7, 11) is 1.74. The van der Waals surface area contributed by atoms with Crippen LogP contribution in [0.25, 0.3) is 0 Å².